The molecule has 0 saturated heterocycles. The molecule has 45 heavy (non-hydrogen) atoms. The number of aromatic nitrogens is 4. The van der Waals surface area contributed by atoms with Crippen LogP contribution in [0.4, 0.5) is 0 Å². The van der Waals surface area contributed by atoms with Crippen LogP contribution in [0.5, 0.6) is 5.75 Å². The molecule has 0 spiro atoms. The van der Waals surface area contributed by atoms with Gasteiger partial charge in [0.05, 0.1) is 6.33 Å². The summed E-state index contributed by atoms with van der Waals surface area (Å²) >= 11 is 0. The van der Waals surface area contributed by atoms with E-state index in [0.717, 1.165) is 29.7 Å². The third-order valence-corrected chi connectivity index (χ3v) is 7.64. The van der Waals surface area contributed by atoms with Gasteiger partial charge in [0.1, 0.15) is 11.9 Å². The van der Waals surface area contributed by atoms with E-state index in [1.165, 1.54) is 28.3 Å². The van der Waals surface area contributed by atoms with E-state index < -0.39 is 0 Å². The van der Waals surface area contributed by atoms with Gasteiger partial charge in [-0.15, -0.1) is 0 Å². The minimum atomic E-state index is -0.364. The topological polar surface area (TPSA) is 95.1 Å². The molecule has 0 radical (unpaired) electrons. The van der Waals surface area contributed by atoms with Crippen LogP contribution < -0.4 is 39.0 Å². The number of ether oxygens (including phenoxy) is 1. The van der Waals surface area contributed by atoms with Crippen LogP contribution in [0.25, 0.3) is 11.2 Å². The van der Waals surface area contributed by atoms with Crippen LogP contribution in [0.2, 0.25) is 0 Å². The van der Waals surface area contributed by atoms with Gasteiger partial charge in [0.2, 0.25) is 0 Å². The van der Waals surface area contributed by atoms with Gasteiger partial charge in [-0.05, 0) is 56.6 Å². The molecular weight excluding hydrogens is 588 g/mol. The summed E-state index contributed by atoms with van der Waals surface area (Å²) in [5, 5.41) is 6.66. The van der Waals surface area contributed by atoms with Crippen molar-refractivity contribution in [2.75, 3.05) is 20.1 Å². The van der Waals surface area contributed by atoms with E-state index in [1.807, 2.05) is 49.5 Å². The summed E-state index contributed by atoms with van der Waals surface area (Å²) in [6.45, 7) is 6.48. The summed E-state index contributed by atoms with van der Waals surface area (Å²) in [7, 11) is 5.08. The van der Waals surface area contributed by atoms with Crippen molar-refractivity contribution in [2.24, 2.45) is 14.1 Å². The SMILES string of the molecule is CC(Cc1ccccc1)NCCn1cnc2c1c(=O)n(C)c(=O)n2C.CNCC[C@@H](Oc1ccccc1C)c1ccccc1.[Cl-].[H+]. The first-order valence-corrected chi connectivity index (χ1v) is 15.1. The molecule has 240 valence electrons. The number of rotatable bonds is 12. The molecule has 0 bridgehead atoms. The second-order valence-corrected chi connectivity index (χ2v) is 11.0. The highest BCUT2D eigenvalue weighted by Gasteiger charge is 2.15. The molecule has 2 heterocycles. The summed E-state index contributed by atoms with van der Waals surface area (Å²) in [5.41, 5.74) is 3.89. The third-order valence-electron chi connectivity index (χ3n) is 7.64. The van der Waals surface area contributed by atoms with Gasteiger partial charge in [0.15, 0.2) is 11.2 Å². The highest BCUT2D eigenvalue weighted by molar-refractivity contribution is 5.69. The highest BCUT2D eigenvalue weighted by Crippen LogP contribution is 2.26. The molecule has 0 aliphatic rings. The first-order valence-electron chi connectivity index (χ1n) is 15.1. The molecule has 3 aromatic carbocycles. The Kier molecular flexibility index (Phi) is 13.6. The summed E-state index contributed by atoms with van der Waals surface area (Å²) in [6.07, 6.45) is 3.61. The number of halogens is 1. The number of para-hydroxylation sites is 1. The summed E-state index contributed by atoms with van der Waals surface area (Å²) < 4.78 is 10.5. The predicted molar refractivity (Wildman–Crippen MR) is 178 cm³/mol. The number of hydrogen-bond donors (Lipinski definition) is 2. The molecule has 5 aromatic rings. The Bertz CT molecular complexity index is 1740. The minimum Gasteiger partial charge on any atom is -1.00 e. The van der Waals surface area contributed by atoms with E-state index in [0.29, 0.717) is 30.3 Å². The van der Waals surface area contributed by atoms with Gasteiger partial charge >= 0.3 is 7.12 Å². The van der Waals surface area contributed by atoms with Crippen molar-refractivity contribution in [2.45, 2.75) is 45.4 Å². The Morgan fingerprint density at radius 2 is 1.53 bits per heavy atom. The van der Waals surface area contributed by atoms with Crippen LogP contribution in [-0.2, 0) is 27.1 Å². The normalized spacial score (nSPS) is 12.1. The van der Waals surface area contributed by atoms with E-state index in [4.69, 9.17) is 4.74 Å². The van der Waals surface area contributed by atoms with Gasteiger partial charge < -0.3 is 32.3 Å². The van der Waals surface area contributed by atoms with E-state index in [1.54, 1.807) is 17.9 Å². The molecule has 0 amide bonds. The lowest BCUT2D eigenvalue weighted by molar-refractivity contribution is -0.0000102. The minimum absolute atomic E-state index is 0. The monoisotopic (exact) mass is 632 g/mol. The number of benzene rings is 3. The summed E-state index contributed by atoms with van der Waals surface area (Å²) in [4.78, 5) is 28.6. The maximum absolute atomic E-state index is 12.4. The number of aryl methyl sites for hydroxylation is 2. The Hall–Kier alpha value is -4.18. The fourth-order valence-corrected chi connectivity index (χ4v) is 5.12. The number of hydrogen-bond acceptors (Lipinski definition) is 6. The van der Waals surface area contributed by atoms with Gasteiger partial charge in [0, 0.05) is 39.6 Å². The van der Waals surface area contributed by atoms with Crippen LogP contribution in [0.3, 0.4) is 0 Å². The highest BCUT2D eigenvalue weighted by atomic mass is 35.5. The maximum atomic E-state index is 12.4. The zero-order valence-corrected chi connectivity index (χ0v) is 27.5. The van der Waals surface area contributed by atoms with Crippen LogP contribution in [0, 0.1) is 6.92 Å². The Morgan fingerprint density at radius 1 is 0.889 bits per heavy atom. The van der Waals surface area contributed by atoms with Gasteiger partial charge in [-0.25, -0.2) is 9.78 Å². The van der Waals surface area contributed by atoms with E-state index in [2.05, 4.69) is 71.9 Å². The molecule has 0 fully saturated rings. The average Bonchev–Trinajstić information content (AvgIpc) is 3.47. The molecule has 1 unspecified atom stereocenters. The second-order valence-electron chi connectivity index (χ2n) is 11.0. The van der Waals surface area contributed by atoms with E-state index in [9.17, 15) is 9.59 Å². The molecular formula is C35H45ClN6O3. The van der Waals surface area contributed by atoms with Crippen LogP contribution in [0.15, 0.2) is 101 Å². The van der Waals surface area contributed by atoms with E-state index >= 15 is 0 Å². The van der Waals surface area contributed by atoms with Crippen LogP contribution >= 0.6 is 0 Å². The Labute approximate surface area is 272 Å². The van der Waals surface area contributed by atoms with Crippen molar-refractivity contribution in [3.8, 4) is 5.75 Å². The van der Waals surface area contributed by atoms with Crippen molar-refractivity contribution in [1.29, 1.82) is 0 Å². The number of nitrogens with zero attached hydrogens (tertiary/aromatic N) is 4. The molecule has 10 heteroatoms. The van der Waals surface area contributed by atoms with Gasteiger partial charge in [-0.3, -0.25) is 13.9 Å². The summed E-state index contributed by atoms with van der Waals surface area (Å²) in [5.74, 6) is 0.965. The molecule has 5 rings (SSSR count). The van der Waals surface area contributed by atoms with Crippen molar-refractivity contribution in [1.82, 2.24) is 29.3 Å². The first-order chi connectivity index (χ1) is 21.3. The largest absolute Gasteiger partial charge is 1.00 e. The fourth-order valence-electron chi connectivity index (χ4n) is 5.12. The smallest absolute Gasteiger partial charge is 1.00 e. The number of nitrogens with one attached hydrogen (secondary N) is 2. The molecule has 0 aliphatic heterocycles. The Balaban J connectivity index is 0.000000317. The zero-order chi connectivity index (χ0) is 31.5. The molecule has 9 nitrogen and oxygen atoms in total. The zero-order valence-electron chi connectivity index (χ0n) is 27.7. The van der Waals surface area contributed by atoms with Crippen molar-refractivity contribution < 1.29 is 18.6 Å². The second kappa shape index (κ2) is 17.3. The van der Waals surface area contributed by atoms with Crippen LogP contribution in [-0.4, -0.2) is 44.9 Å². The van der Waals surface area contributed by atoms with Gasteiger partial charge in [-0.2, -0.15) is 0 Å². The standard InChI is InChI=1S/C18H23N5O2.C17H21NO.ClH/c1-13(11-14-7-5-4-6-8-14)19-9-10-23-12-20-16-15(23)17(24)22(3)18(25)21(16)2;1-14-8-6-7-11-16(14)19-17(12-13-18-2)15-9-4-3-5-10-15;/h4-8,12-13,19H,9-11H2,1-3H3;3-11,17-18H,12-13H2,1-2H3;1H/t;17-;/m.1./s1. The lowest BCUT2D eigenvalue weighted by atomic mass is 10.1. The lowest BCUT2D eigenvalue weighted by Gasteiger charge is -2.20. The molecule has 0 saturated carbocycles. The molecule has 2 N–H and O–H groups in total. The average molecular weight is 633 g/mol. The van der Waals surface area contributed by atoms with Crippen molar-refractivity contribution >= 4 is 11.2 Å². The molecule has 0 aliphatic carbocycles. The predicted octanol–water partition coefficient (Wildman–Crippen LogP) is 1.50. The fraction of sp³-hybridized carbons (Fsp3) is 0.343. The first kappa shape index (κ1) is 35.3. The number of fused-ring (bicyclic) bond motifs is 1. The van der Waals surface area contributed by atoms with Crippen molar-refractivity contribution in [3.63, 3.8) is 0 Å². The van der Waals surface area contributed by atoms with Crippen molar-refractivity contribution in [3.05, 3.63) is 129 Å². The van der Waals surface area contributed by atoms with Gasteiger partial charge in [-0.1, -0.05) is 78.9 Å². The Morgan fingerprint density at radius 3 is 2.20 bits per heavy atom. The van der Waals surface area contributed by atoms with Gasteiger partial charge in [0.25, 0.3) is 5.56 Å². The quantitative estimate of drug-likeness (QED) is 0.217. The molecule has 2 aromatic heterocycles. The lowest BCUT2D eigenvalue weighted by Crippen LogP contribution is -3.00. The summed E-state index contributed by atoms with van der Waals surface area (Å²) in [6, 6.07) is 29.2. The third kappa shape index (κ3) is 9.41. The molecule has 2 atom stereocenters. The maximum Gasteiger partial charge on any atom is 1.00 e. The number of imidazole rings is 1. The van der Waals surface area contributed by atoms with E-state index in [-0.39, 0.29) is 31.2 Å². The van der Waals surface area contributed by atoms with Crippen LogP contribution in [0.1, 0.15) is 37.6 Å².